The second kappa shape index (κ2) is 7.23. The number of nitrogens with zero attached hydrogens (tertiary/aromatic N) is 2. The second-order valence-electron chi connectivity index (χ2n) is 5.95. The number of benzene rings is 1. The zero-order chi connectivity index (χ0) is 21.6. The van der Waals surface area contributed by atoms with Gasteiger partial charge in [0.1, 0.15) is 10.9 Å². The summed E-state index contributed by atoms with van der Waals surface area (Å²) in [6, 6.07) is 4.69. The Bertz CT molecular complexity index is 1220. The van der Waals surface area contributed by atoms with Crippen molar-refractivity contribution in [3.63, 3.8) is 0 Å². The maximum Gasteiger partial charge on any atom is 0.471 e. The van der Waals surface area contributed by atoms with E-state index in [1.807, 2.05) is 0 Å². The van der Waals surface area contributed by atoms with Crippen LogP contribution >= 0.6 is 11.6 Å². The molecule has 1 aromatic carbocycles. The monoisotopic (exact) mass is 447 g/mol. The summed E-state index contributed by atoms with van der Waals surface area (Å²) >= 11 is 5.85. The van der Waals surface area contributed by atoms with Gasteiger partial charge in [0.05, 0.1) is 29.4 Å². The molecule has 0 saturated carbocycles. The molecule has 0 spiro atoms. The van der Waals surface area contributed by atoms with E-state index in [4.69, 9.17) is 16.3 Å². The minimum absolute atomic E-state index is 0.136. The summed E-state index contributed by atoms with van der Waals surface area (Å²) in [5.74, 6) is -2.39. The third-order valence-corrected chi connectivity index (χ3v) is 5.93. The number of alkyl halides is 3. The van der Waals surface area contributed by atoms with Gasteiger partial charge >= 0.3 is 12.1 Å². The lowest BCUT2D eigenvalue weighted by Crippen LogP contribution is -2.30. The van der Waals surface area contributed by atoms with Crippen LogP contribution in [0.2, 0.25) is 5.15 Å². The van der Waals surface area contributed by atoms with Gasteiger partial charge in [-0.2, -0.15) is 13.2 Å². The van der Waals surface area contributed by atoms with E-state index in [2.05, 4.69) is 4.98 Å². The van der Waals surface area contributed by atoms with Crippen LogP contribution in [0.5, 0.6) is 5.75 Å². The van der Waals surface area contributed by atoms with Crippen molar-refractivity contribution in [3.05, 3.63) is 47.4 Å². The first kappa shape index (κ1) is 20.9. The van der Waals surface area contributed by atoms with E-state index in [1.54, 1.807) is 12.2 Å². The van der Waals surface area contributed by atoms with E-state index in [1.165, 1.54) is 25.6 Å². The molecule has 0 saturated heterocycles. The summed E-state index contributed by atoms with van der Waals surface area (Å²) in [5.41, 5.74) is 0.404. The molecule has 154 valence electrons. The van der Waals surface area contributed by atoms with Gasteiger partial charge in [0.2, 0.25) is 0 Å². The molecular weight excluding hydrogens is 435 g/mol. The maximum atomic E-state index is 13.1. The number of nitrogens with one attached hydrogen (secondary N) is 1. The molecular formula is C17H13ClF3N3O4S. The average Bonchev–Trinajstić information content (AvgIpc) is 2.97. The smallest absolute Gasteiger partial charge is 0.471 e. The van der Waals surface area contributed by atoms with Gasteiger partial charge in [0.25, 0.3) is 10.0 Å². The molecule has 0 fully saturated rings. The van der Waals surface area contributed by atoms with E-state index in [0.29, 0.717) is 10.9 Å². The molecule has 2 heterocycles. The van der Waals surface area contributed by atoms with Crippen LogP contribution in [0.4, 0.5) is 18.9 Å². The van der Waals surface area contributed by atoms with Gasteiger partial charge in [-0.25, -0.2) is 17.4 Å². The number of hydrogen-bond donors (Lipinski definition) is 1. The normalized spacial score (nSPS) is 12.2. The van der Waals surface area contributed by atoms with Crippen molar-refractivity contribution in [1.82, 2.24) is 8.96 Å². The van der Waals surface area contributed by atoms with E-state index >= 15 is 0 Å². The number of ether oxygens (including phenoxy) is 1. The number of methoxy groups -OCH3 is 1. The number of hydrogen-bond acceptors (Lipinski definition) is 5. The number of anilines is 1. The summed E-state index contributed by atoms with van der Waals surface area (Å²) in [5, 5.41) is 2.35. The molecule has 7 nitrogen and oxygen atoms in total. The minimum atomic E-state index is -5.15. The molecule has 3 rings (SSSR count). The topological polar surface area (TPSA) is 90.3 Å². The summed E-state index contributed by atoms with van der Waals surface area (Å²) in [6.07, 6.45) is -2.53. The third kappa shape index (κ3) is 3.87. The number of fused-ring (bicyclic) bond motifs is 1. The number of amides is 1. The fourth-order valence-electron chi connectivity index (χ4n) is 2.68. The van der Waals surface area contributed by atoms with Crippen molar-refractivity contribution in [2.24, 2.45) is 0 Å². The van der Waals surface area contributed by atoms with Crippen molar-refractivity contribution in [2.45, 2.75) is 18.0 Å². The quantitative estimate of drug-likeness (QED) is 0.615. The van der Waals surface area contributed by atoms with Crippen LogP contribution in [0, 0.1) is 6.92 Å². The predicted octanol–water partition coefficient (Wildman–Crippen LogP) is 3.74. The molecule has 2 aromatic heterocycles. The van der Waals surface area contributed by atoms with Gasteiger partial charge < -0.3 is 10.1 Å². The number of rotatable bonds is 4. The standard InChI is InChI=1S/C17H13ClF3N3O4S/c1-9-8-24(13-7-22-15(18)6-11(9)13)29(26,27)10-3-4-14(28-2)12(5-10)23-16(25)17(19,20)21/h3-8H,1-2H3,(H,23,25). The van der Waals surface area contributed by atoms with E-state index in [9.17, 15) is 26.4 Å². The maximum absolute atomic E-state index is 13.1. The zero-order valence-corrected chi connectivity index (χ0v) is 16.5. The highest BCUT2D eigenvalue weighted by Gasteiger charge is 2.39. The van der Waals surface area contributed by atoms with Crippen molar-refractivity contribution in [1.29, 1.82) is 0 Å². The summed E-state index contributed by atoms with van der Waals surface area (Å²) in [6.45, 7) is 1.67. The zero-order valence-electron chi connectivity index (χ0n) is 14.9. The first-order valence-electron chi connectivity index (χ1n) is 7.90. The Balaban J connectivity index is 2.13. The fourth-order valence-corrected chi connectivity index (χ4v) is 4.27. The fraction of sp³-hybridized carbons (Fsp3) is 0.176. The van der Waals surface area contributed by atoms with Gasteiger partial charge in [0.15, 0.2) is 0 Å². The first-order chi connectivity index (χ1) is 13.4. The SMILES string of the molecule is COc1ccc(S(=O)(=O)n2cc(C)c3cc(Cl)ncc32)cc1NC(=O)C(F)(F)F. The number of aryl methyl sites for hydroxylation is 1. The summed E-state index contributed by atoms with van der Waals surface area (Å²) < 4.78 is 69.8. The highest BCUT2D eigenvalue weighted by atomic mass is 35.5. The predicted molar refractivity (Wildman–Crippen MR) is 99.7 cm³/mol. The molecule has 12 heteroatoms. The van der Waals surface area contributed by atoms with E-state index in [-0.39, 0.29) is 21.3 Å². The average molecular weight is 448 g/mol. The van der Waals surface area contributed by atoms with Gasteiger partial charge in [-0.3, -0.25) is 4.79 Å². The Labute approximate surface area is 168 Å². The highest BCUT2D eigenvalue weighted by Crippen LogP contribution is 2.32. The second-order valence-corrected chi connectivity index (χ2v) is 8.15. The molecule has 0 aliphatic carbocycles. The van der Waals surface area contributed by atoms with Crippen molar-refractivity contribution in [2.75, 3.05) is 12.4 Å². The first-order valence-corrected chi connectivity index (χ1v) is 9.72. The molecule has 1 N–H and O–H groups in total. The molecule has 0 radical (unpaired) electrons. The molecule has 0 aliphatic rings. The van der Waals surface area contributed by atoms with E-state index < -0.39 is 27.8 Å². The van der Waals surface area contributed by atoms with Crippen molar-refractivity contribution >= 4 is 44.1 Å². The van der Waals surface area contributed by atoms with Gasteiger partial charge in [0, 0.05) is 11.6 Å². The minimum Gasteiger partial charge on any atom is -0.495 e. The lowest BCUT2D eigenvalue weighted by atomic mass is 10.2. The number of halogens is 4. The molecule has 0 unspecified atom stereocenters. The number of carbonyl (C=O) groups excluding carboxylic acids is 1. The molecule has 0 aliphatic heterocycles. The summed E-state index contributed by atoms with van der Waals surface area (Å²) in [4.78, 5) is 14.8. The molecule has 29 heavy (non-hydrogen) atoms. The van der Waals surface area contributed by atoms with Crippen LogP contribution < -0.4 is 10.1 Å². The number of aromatic nitrogens is 2. The van der Waals surface area contributed by atoms with Gasteiger partial charge in [-0.15, -0.1) is 0 Å². The van der Waals surface area contributed by atoms with Crippen LogP contribution in [-0.4, -0.2) is 36.6 Å². The molecule has 0 atom stereocenters. The van der Waals surface area contributed by atoms with Crippen molar-refractivity contribution < 1.29 is 31.1 Å². The van der Waals surface area contributed by atoms with Gasteiger partial charge in [-0.05, 0) is 36.8 Å². The Kier molecular flexibility index (Phi) is 5.22. The highest BCUT2D eigenvalue weighted by molar-refractivity contribution is 7.90. The Morgan fingerprint density at radius 1 is 1.28 bits per heavy atom. The third-order valence-electron chi connectivity index (χ3n) is 4.06. The van der Waals surface area contributed by atoms with Crippen LogP contribution in [0.15, 0.2) is 41.6 Å². The number of pyridine rings is 1. The molecule has 3 aromatic rings. The van der Waals surface area contributed by atoms with Crippen LogP contribution in [0.25, 0.3) is 10.9 Å². The molecule has 0 bridgehead atoms. The summed E-state index contributed by atoms with van der Waals surface area (Å²) in [7, 11) is -3.06. The Hall–Kier alpha value is -2.79. The van der Waals surface area contributed by atoms with Crippen LogP contribution in [-0.2, 0) is 14.8 Å². The van der Waals surface area contributed by atoms with Crippen LogP contribution in [0.1, 0.15) is 5.56 Å². The Morgan fingerprint density at radius 3 is 2.59 bits per heavy atom. The van der Waals surface area contributed by atoms with Gasteiger partial charge in [-0.1, -0.05) is 11.6 Å². The Morgan fingerprint density at radius 2 is 1.97 bits per heavy atom. The number of carbonyl (C=O) groups is 1. The van der Waals surface area contributed by atoms with E-state index in [0.717, 1.165) is 22.2 Å². The lowest BCUT2D eigenvalue weighted by molar-refractivity contribution is -0.167. The van der Waals surface area contributed by atoms with Crippen molar-refractivity contribution in [3.8, 4) is 5.75 Å². The van der Waals surface area contributed by atoms with Crippen LogP contribution in [0.3, 0.4) is 0 Å². The largest absolute Gasteiger partial charge is 0.495 e. The molecule has 1 amide bonds. The lowest BCUT2D eigenvalue weighted by Gasteiger charge is -2.14.